The molecule has 0 aliphatic heterocycles. The molecule has 2 aromatic carbocycles. The molecule has 0 heterocycles. The van der Waals surface area contributed by atoms with Gasteiger partial charge in [-0.25, -0.2) is 0 Å². The Morgan fingerprint density at radius 2 is 0.846 bits per heavy atom. The van der Waals surface area contributed by atoms with Gasteiger partial charge in [-0.05, 0) is 0 Å². The Bertz CT molecular complexity index is 694. The van der Waals surface area contributed by atoms with E-state index in [1.54, 1.807) is 36.4 Å². The van der Waals surface area contributed by atoms with Gasteiger partial charge in [-0.15, -0.1) is 0 Å². The molecule has 138 valence electrons. The summed E-state index contributed by atoms with van der Waals surface area (Å²) in [7, 11) is 5.96. The van der Waals surface area contributed by atoms with Gasteiger partial charge in [0.2, 0.25) is 0 Å². The van der Waals surface area contributed by atoms with Crippen molar-refractivity contribution in [1.82, 2.24) is 0 Å². The Labute approximate surface area is 151 Å². The average Bonchev–Trinajstić information content (AvgIpc) is 2.66. The van der Waals surface area contributed by atoms with Crippen LogP contribution in [0.3, 0.4) is 0 Å². The Kier molecular flexibility index (Phi) is 6.26. The largest absolute Gasteiger partial charge is 0.497 e. The van der Waals surface area contributed by atoms with Gasteiger partial charge in [0, 0.05) is 47.8 Å². The lowest BCUT2D eigenvalue weighted by atomic mass is 10.2. The second kappa shape index (κ2) is 8.61. The van der Waals surface area contributed by atoms with E-state index < -0.39 is 11.8 Å². The Balaban J connectivity index is 2.12. The van der Waals surface area contributed by atoms with Crippen molar-refractivity contribution in [2.45, 2.75) is 0 Å². The fourth-order valence-electron chi connectivity index (χ4n) is 2.13. The lowest BCUT2D eigenvalue weighted by molar-refractivity contribution is -0.133. The number of anilines is 2. The van der Waals surface area contributed by atoms with E-state index in [9.17, 15) is 9.59 Å². The Hall–Kier alpha value is -3.42. The van der Waals surface area contributed by atoms with Crippen LogP contribution >= 0.6 is 0 Å². The van der Waals surface area contributed by atoms with Gasteiger partial charge >= 0.3 is 11.8 Å². The zero-order valence-corrected chi connectivity index (χ0v) is 14.9. The van der Waals surface area contributed by atoms with Gasteiger partial charge in [-0.2, -0.15) is 0 Å². The SMILES string of the molecule is COc1cc(NC(=O)C(=O)Nc2cc(OC)cc(OC)c2)cc(OC)c1. The molecule has 2 rings (SSSR count). The fourth-order valence-corrected chi connectivity index (χ4v) is 2.13. The molecule has 0 spiro atoms. The highest BCUT2D eigenvalue weighted by molar-refractivity contribution is 6.43. The van der Waals surface area contributed by atoms with Crippen LogP contribution in [-0.2, 0) is 9.59 Å². The van der Waals surface area contributed by atoms with Crippen LogP contribution in [0.25, 0.3) is 0 Å². The summed E-state index contributed by atoms with van der Waals surface area (Å²) in [5.41, 5.74) is 0.731. The molecule has 0 radical (unpaired) electrons. The smallest absolute Gasteiger partial charge is 0.314 e. The summed E-state index contributed by atoms with van der Waals surface area (Å²) in [6.45, 7) is 0. The molecule has 0 aromatic heterocycles. The molecule has 0 fully saturated rings. The molecule has 8 nitrogen and oxygen atoms in total. The molecular formula is C18H20N2O6. The first-order chi connectivity index (χ1) is 12.5. The second-order valence-electron chi connectivity index (χ2n) is 5.11. The molecule has 0 aliphatic carbocycles. The van der Waals surface area contributed by atoms with Gasteiger partial charge in [-0.3, -0.25) is 9.59 Å². The van der Waals surface area contributed by atoms with E-state index in [4.69, 9.17) is 18.9 Å². The molecule has 0 bridgehead atoms. The first-order valence-corrected chi connectivity index (χ1v) is 7.57. The van der Waals surface area contributed by atoms with Crippen molar-refractivity contribution in [3.63, 3.8) is 0 Å². The van der Waals surface area contributed by atoms with Crippen LogP contribution in [0, 0.1) is 0 Å². The topological polar surface area (TPSA) is 95.1 Å². The molecule has 26 heavy (non-hydrogen) atoms. The predicted molar refractivity (Wildman–Crippen MR) is 96.4 cm³/mol. The van der Waals surface area contributed by atoms with Crippen molar-refractivity contribution >= 4 is 23.2 Å². The van der Waals surface area contributed by atoms with Crippen LogP contribution in [0.15, 0.2) is 36.4 Å². The molecule has 2 amide bonds. The second-order valence-corrected chi connectivity index (χ2v) is 5.11. The first kappa shape index (κ1) is 18.9. The summed E-state index contributed by atoms with van der Waals surface area (Å²) < 4.78 is 20.5. The van der Waals surface area contributed by atoms with Crippen LogP contribution in [0.5, 0.6) is 23.0 Å². The quantitative estimate of drug-likeness (QED) is 0.768. The van der Waals surface area contributed by atoms with Crippen molar-refractivity contribution in [3.8, 4) is 23.0 Å². The minimum absolute atomic E-state index is 0.365. The lowest BCUT2D eigenvalue weighted by Gasteiger charge is -2.11. The van der Waals surface area contributed by atoms with Crippen molar-refractivity contribution < 1.29 is 28.5 Å². The normalized spacial score (nSPS) is 9.85. The number of rotatable bonds is 6. The molecule has 2 N–H and O–H groups in total. The molecule has 8 heteroatoms. The highest BCUT2D eigenvalue weighted by atomic mass is 16.5. The van der Waals surface area contributed by atoms with Crippen LogP contribution in [-0.4, -0.2) is 40.3 Å². The summed E-state index contributed by atoms with van der Waals surface area (Å²) in [4.78, 5) is 24.3. The number of hydrogen-bond donors (Lipinski definition) is 2. The number of carbonyl (C=O) groups is 2. The van der Waals surface area contributed by atoms with Crippen LogP contribution in [0.1, 0.15) is 0 Å². The minimum atomic E-state index is -0.845. The predicted octanol–water partition coefficient (Wildman–Crippen LogP) is 2.30. The van der Waals surface area contributed by atoms with Crippen molar-refractivity contribution in [1.29, 1.82) is 0 Å². The molecule has 0 unspecified atom stereocenters. The number of carbonyl (C=O) groups excluding carboxylic acids is 2. The molecule has 0 saturated heterocycles. The number of hydrogen-bond acceptors (Lipinski definition) is 6. The highest BCUT2D eigenvalue weighted by Gasteiger charge is 2.16. The molecular weight excluding hydrogens is 340 g/mol. The molecule has 0 saturated carbocycles. The number of nitrogens with one attached hydrogen (secondary N) is 2. The first-order valence-electron chi connectivity index (χ1n) is 7.57. The van der Waals surface area contributed by atoms with Gasteiger partial charge in [0.05, 0.1) is 28.4 Å². The van der Waals surface area contributed by atoms with Crippen LogP contribution in [0.4, 0.5) is 11.4 Å². The maximum Gasteiger partial charge on any atom is 0.314 e. The summed E-state index contributed by atoms with van der Waals surface area (Å²) in [6, 6.07) is 9.59. The van der Waals surface area contributed by atoms with E-state index in [-0.39, 0.29) is 0 Å². The Morgan fingerprint density at radius 1 is 0.577 bits per heavy atom. The van der Waals surface area contributed by atoms with Crippen molar-refractivity contribution in [2.75, 3.05) is 39.1 Å². The maximum absolute atomic E-state index is 12.2. The number of benzene rings is 2. The summed E-state index contributed by atoms with van der Waals surface area (Å²) in [5, 5.41) is 4.99. The van der Waals surface area contributed by atoms with Gasteiger partial charge in [-0.1, -0.05) is 0 Å². The third-order valence-corrected chi connectivity index (χ3v) is 3.42. The van der Waals surface area contributed by atoms with Gasteiger partial charge in [0.15, 0.2) is 0 Å². The fraction of sp³-hybridized carbons (Fsp3) is 0.222. The summed E-state index contributed by atoms with van der Waals surface area (Å²) in [6.07, 6.45) is 0. The van der Waals surface area contributed by atoms with Gasteiger partial charge < -0.3 is 29.6 Å². The van der Waals surface area contributed by atoms with E-state index >= 15 is 0 Å². The van der Waals surface area contributed by atoms with Crippen molar-refractivity contribution in [2.24, 2.45) is 0 Å². The van der Waals surface area contributed by atoms with Gasteiger partial charge in [0.25, 0.3) is 0 Å². The highest BCUT2D eigenvalue weighted by Crippen LogP contribution is 2.27. The number of ether oxygens (including phenoxy) is 4. The molecule has 2 aromatic rings. The zero-order valence-electron chi connectivity index (χ0n) is 14.9. The average molecular weight is 360 g/mol. The third-order valence-electron chi connectivity index (χ3n) is 3.42. The van der Waals surface area contributed by atoms with Crippen LogP contribution in [0.2, 0.25) is 0 Å². The maximum atomic E-state index is 12.2. The lowest BCUT2D eigenvalue weighted by Crippen LogP contribution is -2.29. The standard InChI is InChI=1S/C18H20N2O6/c1-23-13-5-11(6-14(9-13)24-2)19-17(21)18(22)20-12-7-15(25-3)10-16(8-12)26-4/h5-10H,1-4H3,(H,19,21)(H,20,22). The molecule has 0 aliphatic rings. The van der Waals surface area contributed by atoms with Crippen LogP contribution < -0.4 is 29.6 Å². The van der Waals surface area contributed by atoms with E-state index in [1.807, 2.05) is 0 Å². The number of methoxy groups -OCH3 is 4. The van der Waals surface area contributed by atoms with E-state index in [0.717, 1.165) is 0 Å². The number of amides is 2. The minimum Gasteiger partial charge on any atom is -0.497 e. The van der Waals surface area contributed by atoms with E-state index in [1.165, 1.54) is 28.4 Å². The summed E-state index contributed by atoms with van der Waals surface area (Å²) in [5.74, 6) is 0.245. The summed E-state index contributed by atoms with van der Waals surface area (Å²) >= 11 is 0. The zero-order chi connectivity index (χ0) is 19.1. The Morgan fingerprint density at radius 3 is 1.08 bits per heavy atom. The van der Waals surface area contributed by atoms with Gasteiger partial charge in [0.1, 0.15) is 23.0 Å². The monoisotopic (exact) mass is 360 g/mol. The van der Waals surface area contributed by atoms with E-state index in [0.29, 0.717) is 34.4 Å². The molecule has 0 atom stereocenters. The third kappa shape index (κ3) is 4.79. The van der Waals surface area contributed by atoms with E-state index in [2.05, 4.69) is 10.6 Å². The van der Waals surface area contributed by atoms with Crippen molar-refractivity contribution in [3.05, 3.63) is 36.4 Å².